The molecule has 0 heterocycles. The first-order valence-corrected chi connectivity index (χ1v) is 5.79. The van der Waals surface area contributed by atoms with Crippen molar-refractivity contribution in [1.29, 1.82) is 0 Å². The molecule has 0 radical (unpaired) electrons. The fourth-order valence-corrected chi connectivity index (χ4v) is 1.72. The van der Waals surface area contributed by atoms with Gasteiger partial charge in [-0.05, 0) is 18.6 Å². The third kappa shape index (κ3) is 3.84. The zero-order chi connectivity index (χ0) is 14.4. The van der Waals surface area contributed by atoms with Gasteiger partial charge in [0.15, 0.2) is 5.75 Å². The maximum absolute atomic E-state index is 11.1. The number of methoxy groups -OCH3 is 1. The summed E-state index contributed by atoms with van der Waals surface area (Å²) in [5, 5.41) is 22.7. The summed E-state index contributed by atoms with van der Waals surface area (Å²) in [5.74, 6) is -0.815. The Morgan fingerprint density at radius 1 is 1.58 bits per heavy atom. The Morgan fingerprint density at radius 3 is 2.74 bits per heavy atom. The number of anilines is 1. The molecule has 19 heavy (non-hydrogen) atoms. The summed E-state index contributed by atoms with van der Waals surface area (Å²) >= 11 is 0. The van der Waals surface area contributed by atoms with Crippen LogP contribution in [0.15, 0.2) is 18.2 Å². The lowest BCUT2D eigenvalue weighted by molar-refractivity contribution is -0.384. The first kappa shape index (κ1) is 14.7. The average Bonchev–Trinajstić information content (AvgIpc) is 2.36. The molecule has 1 unspecified atom stereocenters. The van der Waals surface area contributed by atoms with Gasteiger partial charge in [-0.3, -0.25) is 14.9 Å². The number of hydrogen-bond acceptors (Lipinski definition) is 5. The molecule has 0 aliphatic rings. The van der Waals surface area contributed by atoms with Crippen LogP contribution in [0.3, 0.4) is 0 Å². The Kier molecular flexibility index (Phi) is 5.11. The van der Waals surface area contributed by atoms with Crippen molar-refractivity contribution in [2.75, 3.05) is 12.4 Å². The van der Waals surface area contributed by atoms with E-state index in [1.807, 2.05) is 6.92 Å². The van der Waals surface area contributed by atoms with Crippen LogP contribution in [-0.4, -0.2) is 29.2 Å². The lowest BCUT2D eigenvalue weighted by Crippen LogP contribution is -2.22. The largest absolute Gasteiger partial charge is 0.490 e. The molecule has 1 aromatic carbocycles. The highest BCUT2D eigenvalue weighted by Crippen LogP contribution is 2.35. The summed E-state index contributed by atoms with van der Waals surface area (Å²) in [7, 11) is 1.35. The molecule has 0 spiro atoms. The van der Waals surface area contributed by atoms with Gasteiger partial charge in [-0.15, -0.1) is 0 Å². The fourth-order valence-electron chi connectivity index (χ4n) is 1.72. The second kappa shape index (κ2) is 6.58. The van der Waals surface area contributed by atoms with Gasteiger partial charge in [0.1, 0.15) is 5.69 Å². The molecule has 1 atom stereocenters. The maximum atomic E-state index is 11.1. The molecule has 0 bridgehead atoms. The molecular formula is C12H16N2O5. The number of ether oxygens (including phenoxy) is 1. The Hall–Kier alpha value is -2.31. The molecule has 2 N–H and O–H groups in total. The van der Waals surface area contributed by atoms with E-state index in [1.165, 1.54) is 19.2 Å². The van der Waals surface area contributed by atoms with Crippen LogP contribution in [0, 0.1) is 10.1 Å². The predicted octanol–water partition coefficient (Wildman–Crippen LogP) is 2.27. The van der Waals surface area contributed by atoms with Crippen molar-refractivity contribution in [2.45, 2.75) is 25.8 Å². The van der Waals surface area contributed by atoms with Gasteiger partial charge in [-0.1, -0.05) is 13.0 Å². The van der Waals surface area contributed by atoms with Gasteiger partial charge in [-0.2, -0.15) is 0 Å². The van der Waals surface area contributed by atoms with E-state index in [-0.39, 0.29) is 29.6 Å². The van der Waals surface area contributed by atoms with E-state index < -0.39 is 10.9 Å². The number of carbonyl (C=O) groups is 1. The molecule has 1 aromatic rings. The van der Waals surface area contributed by atoms with Gasteiger partial charge >= 0.3 is 11.7 Å². The van der Waals surface area contributed by atoms with E-state index in [4.69, 9.17) is 9.84 Å². The predicted molar refractivity (Wildman–Crippen MR) is 69.6 cm³/mol. The maximum Gasteiger partial charge on any atom is 0.333 e. The Morgan fingerprint density at radius 2 is 2.26 bits per heavy atom. The van der Waals surface area contributed by atoms with E-state index >= 15 is 0 Å². The van der Waals surface area contributed by atoms with Crippen LogP contribution in [0.25, 0.3) is 0 Å². The molecule has 104 valence electrons. The van der Waals surface area contributed by atoms with Crippen molar-refractivity contribution in [3.05, 3.63) is 28.3 Å². The van der Waals surface area contributed by atoms with Crippen LogP contribution in [-0.2, 0) is 4.79 Å². The van der Waals surface area contributed by atoms with Crippen LogP contribution >= 0.6 is 0 Å². The van der Waals surface area contributed by atoms with Crippen LogP contribution in [0.5, 0.6) is 5.75 Å². The van der Waals surface area contributed by atoms with Gasteiger partial charge in [0.2, 0.25) is 0 Å². The van der Waals surface area contributed by atoms with E-state index in [1.54, 1.807) is 6.07 Å². The fraction of sp³-hybridized carbons (Fsp3) is 0.417. The standard InChI is InChI=1S/C12H16N2O5/c1-3-8(7-11(15)16)13-9-5-4-6-10(19-2)12(9)14(17)18/h4-6,8,13H,3,7H2,1-2H3,(H,15,16). The number of para-hydroxylation sites is 1. The number of nitrogens with one attached hydrogen (secondary N) is 1. The third-order valence-electron chi connectivity index (χ3n) is 2.67. The minimum atomic E-state index is -0.954. The van der Waals surface area contributed by atoms with Crippen LogP contribution in [0.4, 0.5) is 11.4 Å². The molecule has 0 saturated carbocycles. The molecule has 0 amide bonds. The van der Waals surface area contributed by atoms with E-state index in [0.717, 1.165) is 0 Å². The summed E-state index contributed by atoms with van der Waals surface area (Å²) in [6.45, 7) is 1.81. The van der Waals surface area contributed by atoms with Gasteiger partial charge in [0, 0.05) is 6.04 Å². The van der Waals surface area contributed by atoms with Crippen molar-refractivity contribution in [3.63, 3.8) is 0 Å². The van der Waals surface area contributed by atoms with E-state index in [2.05, 4.69) is 5.32 Å². The highest BCUT2D eigenvalue weighted by molar-refractivity contribution is 5.71. The number of carboxylic acids is 1. The third-order valence-corrected chi connectivity index (χ3v) is 2.67. The zero-order valence-electron chi connectivity index (χ0n) is 10.8. The summed E-state index contributed by atoms with van der Waals surface area (Å²) in [4.78, 5) is 21.2. The number of nitrogens with zero attached hydrogens (tertiary/aromatic N) is 1. The number of nitro groups is 1. The number of carboxylic acid groups (broad SMARTS) is 1. The lowest BCUT2D eigenvalue weighted by atomic mass is 10.1. The van der Waals surface area contributed by atoms with Crippen LogP contribution < -0.4 is 10.1 Å². The molecule has 1 rings (SSSR count). The number of nitro benzene ring substituents is 1. The number of rotatable bonds is 7. The monoisotopic (exact) mass is 268 g/mol. The van der Waals surface area contributed by atoms with Crippen LogP contribution in [0.2, 0.25) is 0 Å². The zero-order valence-corrected chi connectivity index (χ0v) is 10.8. The minimum Gasteiger partial charge on any atom is -0.490 e. The quantitative estimate of drug-likeness (QED) is 0.581. The van der Waals surface area contributed by atoms with E-state index in [9.17, 15) is 14.9 Å². The Bertz CT molecular complexity index is 475. The SMILES string of the molecule is CCC(CC(=O)O)Nc1cccc(OC)c1[N+](=O)[O-]. The summed E-state index contributed by atoms with van der Waals surface area (Å²) in [5.41, 5.74) is 0.0753. The highest BCUT2D eigenvalue weighted by atomic mass is 16.6. The van der Waals surface area contributed by atoms with Gasteiger partial charge in [-0.25, -0.2) is 0 Å². The van der Waals surface area contributed by atoms with Gasteiger partial charge in [0.05, 0.1) is 18.5 Å². The number of aliphatic carboxylic acids is 1. The normalized spacial score (nSPS) is 11.7. The molecular weight excluding hydrogens is 252 g/mol. The molecule has 7 heteroatoms. The highest BCUT2D eigenvalue weighted by Gasteiger charge is 2.22. The van der Waals surface area contributed by atoms with Crippen molar-refractivity contribution in [1.82, 2.24) is 0 Å². The smallest absolute Gasteiger partial charge is 0.333 e. The van der Waals surface area contributed by atoms with E-state index in [0.29, 0.717) is 6.42 Å². The van der Waals surface area contributed by atoms with Crippen molar-refractivity contribution >= 4 is 17.3 Å². The first-order valence-electron chi connectivity index (χ1n) is 5.79. The summed E-state index contributed by atoms with van der Waals surface area (Å²) in [6.07, 6.45) is 0.436. The van der Waals surface area contributed by atoms with Crippen molar-refractivity contribution in [3.8, 4) is 5.75 Å². The molecule has 0 aliphatic heterocycles. The minimum absolute atomic E-state index is 0.106. The first-order chi connectivity index (χ1) is 8.99. The van der Waals surface area contributed by atoms with Gasteiger partial charge < -0.3 is 15.2 Å². The van der Waals surface area contributed by atoms with Crippen molar-refractivity contribution in [2.24, 2.45) is 0 Å². The second-order valence-corrected chi connectivity index (χ2v) is 3.96. The lowest BCUT2D eigenvalue weighted by Gasteiger charge is -2.16. The Balaban J connectivity index is 3.05. The summed E-state index contributed by atoms with van der Waals surface area (Å²) in [6, 6.07) is 4.26. The topological polar surface area (TPSA) is 102 Å². The van der Waals surface area contributed by atoms with Crippen LogP contribution in [0.1, 0.15) is 19.8 Å². The number of benzene rings is 1. The molecule has 0 aromatic heterocycles. The molecule has 0 aliphatic carbocycles. The summed E-state index contributed by atoms with van der Waals surface area (Å²) < 4.78 is 4.95. The molecule has 0 saturated heterocycles. The molecule has 0 fully saturated rings. The molecule has 7 nitrogen and oxygen atoms in total. The Labute approximate surface area is 110 Å². The average molecular weight is 268 g/mol. The van der Waals surface area contributed by atoms with Crippen molar-refractivity contribution < 1.29 is 19.6 Å². The van der Waals surface area contributed by atoms with Gasteiger partial charge in [0.25, 0.3) is 0 Å². The number of hydrogen-bond donors (Lipinski definition) is 2. The second-order valence-electron chi connectivity index (χ2n) is 3.96.